The summed E-state index contributed by atoms with van der Waals surface area (Å²) in [5.41, 5.74) is 3.62. The number of rotatable bonds is 5. The summed E-state index contributed by atoms with van der Waals surface area (Å²) in [6.07, 6.45) is 0. The zero-order chi connectivity index (χ0) is 15.7. The highest BCUT2D eigenvalue weighted by atomic mass is 32.2. The number of carbonyl (C=O) groups is 2. The number of nitrogens with zero attached hydrogens (tertiary/aromatic N) is 1. The number of hydrogen-bond acceptors (Lipinski definition) is 5. The summed E-state index contributed by atoms with van der Waals surface area (Å²) >= 11 is 3.00. The van der Waals surface area contributed by atoms with Crippen LogP contribution in [0.25, 0.3) is 0 Å². The molecule has 2 rings (SSSR count). The van der Waals surface area contributed by atoms with Crippen molar-refractivity contribution in [1.82, 2.24) is 9.97 Å². The van der Waals surface area contributed by atoms with E-state index < -0.39 is 0 Å². The summed E-state index contributed by atoms with van der Waals surface area (Å²) in [7, 11) is 0. The first-order valence-electron chi connectivity index (χ1n) is 6.64. The molecule has 0 saturated carbocycles. The molecule has 0 saturated heterocycles. The van der Waals surface area contributed by atoms with Gasteiger partial charge in [0.15, 0.2) is 15.9 Å². The first-order chi connectivity index (χ1) is 9.81. The van der Waals surface area contributed by atoms with Gasteiger partial charge in [0.05, 0.1) is 10.9 Å². The molecule has 0 amide bonds. The zero-order valence-electron chi connectivity index (χ0n) is 12.7. The summed E-state index contributed by atoms with van der Waals surface area (Å²) in [4.78, 5) is 31.7. The van der Waals surface area contributed by atoms with Crippen molar-refractivity contribution in [2.24, 2.45) is 0 Å². The van der Waals surface area contributed by atoms with Gasteiger partial charge >= 0.3 is 0 Å². The van der Waals surface area contributed by atoms with E-state index in [1.165, 1.54) is 18.7 Å². The molecule has 112 valence electrons. The second kappa shape index (κ2) is 6.15. The number of hydrogen-bond donors (Lipinski definition) is 1. The maximum Gasteiger partial charge on any atom is 0.192 e. The molecular weight excluding hydrogens is 304 g/mol. The quantitative estimate of drug-likeness (QED) is 0.668. The van der Waals surface area contributed by atoms with Crippen LogP contribution in [0.15, 0.2) is 9.72 Å². The van der Waals surface area contributed by atoms with E-state index in [0.29, 0.717) is 11.3 Å². The van der Waals surface area contributed by atoms with Crippen LogP contribution in [0.2, 0.25) is 0 Å². The number of aromatic nitrogens is 2. The van der Waals surface area contributed by atoms with Gasteiger partial charge in [-0.2, -0.15) is 0 Å². The van der Waals surface area contributed by atoms with Gasteiger partial charge < -0.3 is 4.98 Å². The van der Waals surface area contributed by atoms with E-state index in [0.717, 1.165) is 21.3 Å². The van der Waals surface area contributed by atoms with E-state index in [1.54, 1.807) is 11.3 Å². The van der Waals surface area contributed by atoms with Crippen LogP contribution in [-0.2, 0) is 0 Å². The second-order valence-electron chi connectivity index (χ2n) is 5.06. The van der Waals surface area contributed by atoms with Gasteiger partial charge in [0.25, 0.3) is 0 Å². The van der Waals surface area contributed by atoms with Crippen LogP contribution < -0.4 is 0 Å². The van der Waals surface area contributed by atoms with Crippen LogP contribution in [0.1, 0.15) is 51.6 Å². The van der Waals surface area contributed by atoms with Gasteiger partial charge in [-0.3, -0.25) is 9.59 Å². The Kier molecular flexibility index (Phi) is 4.68. The van der Waals surface area contributed by atoms with Crippen molar-refractivity contribution in [2.75, 3.05) is 0 Å². The lowest BCUT2D eigenvalue weighted by molar-refractivity contribution is 0.0988. The molecule has 2 aromatic rings. The molecule has 0 aliphatic carbocycles. The molecule has 1 unspecified atom stereocenters. The van der Waals surface area contributed by atoms with Gasteiger partial charge in [-0.15, -0.1) is 11.3 Å². The molecule has 1 N–H and O–H groups in total. The number of H-pyrrole nitrogens is 1. The molecule has 0 bridgehead atoms. The molecule has 0 aliphatic heterocycles. The third-order valence-electron chi connectivity index (χ3n) is 3.28. The van der Waals surface area contributed by atoms with Crippen LogP contribution in [0, 0.1) is 20.8 Å². The molecule has 0 fully saturated rings. The van der Waals surface area contributed by atoms with Gasteiger partial charge in [-0.05, 0) is 40.2 Å². The van der Waals surface area contributed by atoms with Crippen molar-refractivity contribution >= 4 is 34.7 Å². The molecule has 1 atom stereocenters. The van der Waals surface area contributed by atoms with E-state index >= 15 is 0 Å². The fourth-order valence-electron chi connectivity index (χ4n) is 2.32. The smallest absolute Gasteiger partial charge is 0.192 e. The van der Waals surface area contributed by atoms with Crippen molar-refractivity contribution in [3.8, 4) is 0 Å². The standard InChI is InChI=1S/C15H18N2O2S2/c1-7-6-20-15(16-7)21-11(5)14(19)13-8(2)12(10(4)18)9(3)17-13/h6,11,17H,1-5H3. The summed E-state index contributed by atoms with van der Waals surface area (Å²) in [5.74, 6) is -0.0166. The first-order valence-corrected chi connectivity index (χ1v) is 8.40. The second-order valence-corrected chi connectivity index (χ2v) is 7.51. The minimum atomic E-state index is -0.243. The van der Waals surface area contributed by atoms with Crippen LogP contribution in [0.4, 0.5) is 0 Å². The van der Waals surface area contributed by atoms with Crippen molar-refractivity contribution in [1.29, 1.82) is 0 Å². The topological polar surface area (TPSA) is 62.8 Å². The lowest BCUT2D eigenvalue weighted by Crippen LogP contribution is -2.15. The lowest BCUT2D eigenvalue weighted by Gasteiger charge is -2.08. The Morgan fingerprint density at radius 1 is 1.33 bits per heavy atom. The van der Waals surface area contributed by atoms with Gasteiger partial charge in [0.2, 0.25) is 0 Å². The van der Waals surface area contributed by atoms with Crippen LogP contribution in [-0.4, -0.2) is 26.8 Å². The number of nitrogens with one attached hydrogen (secondary N) is 1. The van der Waals surface area contributed by atoms with Crippen molar-refractivity contribution in [3.63, 3.8) is 0 Å². The summed E-state index contributed by atoms with van der Waals surface area (Å²) < 4.78 is 0.890. The largest absolute Gasteiger partial charge is 0.355 e. The maximum absolute atomic E-state index is 12.6. The zero-order valence-corrected chi connectivity index (χ0v) is 14.4. The van der Waals surface area contributed by atoms with Gasteiger partial charge in [0.1, 0.15) is 0 Å². The number of thiazole rings is 1. The molecular formula is C15H18N2O2S2. The molecule has 4 nitrogen and oxygen atoms in total. The monoisotopic (exact) mass is 322 g/mol. The van der Waals surface area contributed by atoms with E-state index in [2.05, 4.69) is 9.97 Å². The highest BCUT2D eigenvalue weighted by Crippen LogP contribution is 2.30. The SMILES string of the molecule is CC(=O)c1c(C)[nH]c(C(=O)C(C)Sc2nc(C)cs2)c1C. The molecule has 0 aromatic carbocycles. The number of thioether (sulfide) groups is 1. The van der Waals surface area contributed by atoms with Crippen LogP contribution in [0.5, 0.6) is 0 Å². The molecule has 21 heavy (non-hydrogen) atoms. The Morgan fingerprint density at radius 3 is 2.48 bits per heavy atom. The third-order valence-corrected chi connectivity index (χ3v) is 5.47. The van der Waals surface area contributed by atoms with E-state index in [9.17, 15) is 9.59 Å². The predicted octanol–water partition coefficient (Wildman–Crippen LogP) is 3.96. The highest BCUT2D eigenvalue weighted by Gasteiger charge is 2.24. The molecule has 6 heteroatoms. The Labute approximate surface area is 132 Å². The highest BCUT2D eigenvalue weighted by molar-refractivity contribution is 8.02. The fraction of sp³-hybridized carbons (Fsp3) is 0.400. The van der Waals surface area contributed by atoms with E-state index in [-0.39, 0.29) is 16.8 Å². The van der Waals surface area contributed by atoms with E-state index in [1.807, 2.05) is 33.1 Å². The van der Waals surface area contributed by atoms with Crippen molar-refractivity contribution < 1.29 is 9.59 Å². The molecule has 2 aromatic heterocycles. The van der Waals surface area contributed by atoms with Gasteiger partial charge in [-0.1, -0.05) is 11.8 Å². The first kappa shape index (κ1) is 16.0. The lowest BCUT2D eigenvalue weighted by atomic mass is 10.0. The summed E-state index contributed by atoms with van der Waals surface area (Å²) in [5, 5.41) is 1.73. The number of Topliss-reactive ketones (excluding diaryl/α,β-unsaturated/α-hetero) is 2. The predicted molar refractivity (Wildman–Crippen MR) is 86.8 cm³/mol. The van der Waals surface area contributed by atoms with E-state index in [4.69, 9.17) is 0 Å². The molecule has 0 radical (unpaired) electrons. The van der Waals surface area contributed by atoms with Crippen molar-refractivity contribution in [3.05, 3.63) is 33.6 Å². The van der Waals surface area contributed by atoms with Crippen LogP contribution in [0.3, 0.4) is 0 Å². The van der Waals surface area contributed by atoms with Crippen molar-refractivity contribution in [2.45, 2.75) is 44.2 Å². The summed E-state index contributed by atoms with van der Waals surface area (Å²) in [6, 6.07) is 0. The molecule has 2 heterocycles. The Balaban J connectivity index is 2.23. The minimum Gasteiger partial charge on any atom is -0.355 e. The molecule has 0 aliphatic rings. The Morgan fingerprint density at radius 2 is 2.00 bits per heavy atom. The Hall–Kier alpha value is -1.40. The molecule has 0 spiro atoms. The minimum absolute atomic E-state index is 0.000882. The number of aromatic amines is 1. The maximum atomic E-state index is 12.6. The number of aryl methyl sites for hydroxylation is 2. The Bertz CT molecular complexity index is 701. The number of carbonyl (C=O) groups excluding carboxylic acids is 2. The van der Waals surface area contributed by atoms with Gasteiger partial charge in [0, 0.05) is 22.3 Å². The average Bonchev–Trinajstić information content (AvgIpc) is 2.92. The normalized spacial score (nSPS) is 12.4. The van der Waals surface area contributed by atoms with Crippen LogP contribution >= 0.6 is 23.1 Å². The van der Waals surface area contributed by atoms with Gasteiger partial charge in [-0.25, -0.2) is 4.98 Å². The summed E-state index contributed by atoms with van der Waals surface area (Å²) in [6.45, 7) is 8.96. The number of ketones is 2. The third kappa shape index (κ3) is 3.27. The fourth-order valence-corrected chi connectivity index (χ4v) is 4.36. The average molecular weight is 322 g/mol.